The minimum Gasteiger partial charge on any atom is -0.325 e. The van der Waals surface area contributed by atoms with Crippen molar-refractivity contribution in [3.05, 3.63) is 29.8 Å². The van der Waals surface area contributed by atoms with Gasteiger partial charge in [-0.2, -0.15) is 5.26 Å². The fourth-order valence-corrected chi connectivity index (χ4v) is 3.85. The van der Waals surface area contributed by atoms with Gasteiger partial charge in [0.25, 0.3) is 0 Å². The summed E-state index contributed by atoms with van der Waals surface area (Å²) >= 11 is 0. The van der Waals surface area contributed by atoms with Gasteiger partial charge in [0, 0.05) is 22.2 Å². The zero-order chi connectivity index (χ0) is 14.4. The SMILES string of the molecule is N#Cc1cccc(NC(=O)CS(=O)CC2CCCC2)c1. The van der Waals surface area contributed by atoms with Crippen LogP contribution in [0.15, 0.2) is 24.3 Å². The second kappa shape index (κ2) is 7.20. The summed E-state index contributed by atoms with van der Waals surface area (Å²) in [5.41, 5.74) is 1.07. The van der Waals surface area contributed by atoms with E-state index >= 15 is 0 Å². The Balaban J connectivity index is 1.82. The third-order valence-corrected chi connectivity index (χ3v) is 4.89. The molecule has 4 nitrogen and oxygen atoms in total. The van der Waals surface area contributed by atoms with E-state index in [1.807, 2.05) is 6.07 Å². The van der Waals surface area contributed by atoms with E-state index in [1.165, 1.54) is 12.8 Å². The fourth-order valence-electron chi connectivity index (χ4n) is 2.51. The Bertz CT molecular complexity index is 545. The molecule has 1 N–H and O–H groups in total. The predicted octanol–water partition coefficient (Wildman–Crippen LogP) is 2.44. The first-order valence-electron chi connectivity index (χ1n) is 6.82. The van der Waals surface area contributed by atoms with E-state index in [1.54, 1.807) is 24.3 Å². The number of nitrogens with zero attached hydrogens (tertiary/aromatic N) is 1. The van der Waals surface area contributed by atoms with Crippen LogP contribution in [0.25, 0.3) is 0 Å². The number of hydrogen-bond acceptors (Lipinski definition) is 3. The van der Waals surface area contributed by atoms with Crippen LogP contribution < -0.4 is 5.32 Å². The highest BCUT2D eigenvalue weighted by molar-refractivity contribution is 7.85. The molecular formula is C15H18N2O2S. The molecule has 1 aromatic rings. The number of amides is 1. The first-order chi connectivity index (χ1) is 9.67. The number of benzene rings is 1. The monoisotopic (exact) mass is 290 g/mol. The molecule has 0 aliphatic heterocycles. The molecule has 106 valence electrons. The van der Waals surface area contributed by atoms with Crippen LogP contribution in [0.4, 0.5) is 5.69 Å². The molecule has 0 spiro atoms. The van der Waals surface area contributed by atoms with Crippen LogP contribution in [0.3, 0.4) is 0 Å². The Morgan fingerprint density at radius 3 is 2.85 bits per heavy atom. The van der Waals surface area contributed by atoms with Crippen LogP contribution in [0.1, 0.15) is 31.2 Å². The van der Waals surface area contributed by atoms with Gasteiger partial charge in [0.15, 0.2) is 0 Å². The average molecular weight is 290 g/mol. The van der Waals surface area contributed by atoms with Crippen LogP contribution in [-0.2, 0) is 15.6 Å². The number of anilines is 1. The maximum Gasteiger partial charge on any atom is 0.236 e. The predicted molar refractivity (Wildman–Crippen MR) is 79.6 cm³/mol. The first-order valence-corrected chi connectivity index (χ1v) is 8.31. The maximum absolute atomic E-state index is 11.9. The van der Waals surface area contributed by atoms with Gasteiger partial charge in [-0.15, -0.1) is 0 Å². The summed E-state index contributed by atoms with van der Waals surface area (Å²) in [5.74, 6) is 0.931. The van der Waals surface area contributed by atoms with Crippen LogP contribution in [0.5, 0.6) is 0 Å². The smallest absolute Gasteiger partial charge is 0.236 e. The molecule has 0 radical (unpaired) electrons. The van der Waals surface area contributed by atoms with Crippen molar-refractivity contribution in [3.63, 3.8) is 0 Å². The highest BCUT2D eigenvalue weighted by atomic mass is 32.2. The van der Waals surface area contributed by atoms with Gasteiger partial charge in [-0.05, 0) is 37.0 Å². The summed E-state index contributed by atoms with van der Waals surface area (Å²) in [7, 11) is -1.10. The molecule has 5 heteroatoms. The van der Waals surface area contributed by atoms with Crippen molar-refractivity contribution in [2.75, 3.05) is 16.8 Å². The molecule has 1 unspecified atom stereocenters. The number of rotatable bonds is 5. The van der Waals surface area contributed by atoms with Crippen molar-refractivity contribution in [2.24, 2.45) is 5.92 Å². The Morgan fingerprint density at radius 2 is 2.15 bits per heavy atom. The summed E-state index contributed by atoms with van der Waals surface area (Å²) in [6.07, 6.45) is 4.71. The lowest BCUT2D eigenvalue weighted by Gasteiger charge is -2.09. The van der Waals surface area contributed by atoms with E-state index in [0.717, 1.165) is 12.8 Å². The summed E-state index contributed by atoms with van der Waals surface area (Å²) < 4.78 is 11.9. The molecule has 0 bridgehead atoms. The van der Waals surface area contributed by atoms with Crippen molar-refractivity contribution < 1.29 is 9.00 Å². The Labute approximate surface area is 121 Å². The van der Waals surface area contributed by atoms with Crippen molar-refractivity contribution in [2.45, 2.75) is 25.7 Å². The van der Waals surface area contributed by atoms with Gasteiger partial charge in [0.05, 0.1) is 11.6 Å². The molecule has 0 aromatic heterocycles. The number of nitriles is 1. The highest BCUT2D eigenvalue weighted by Crippen LogP contribution is 2.25. The average Bonchev–Trinajstić information content (AvgIpc) is 2.91. The molecule has 2 rings (SSSR count). The van der Waals surface area contributed by atoms with E-state index in [4.69, 9.17) is 5.26 Å². The molecule has 1 aromatic carbocycles. The quantitative estimate of drug-likeness (QED) is 0.905. The summed E-state index contributed by atoms with van der Waals surface area (Å²) in [5, 5.41) is 11.5. The minimum absolute atomic E-state index is 0.0350. The highest BCUT2D eigenvalue weighted by Gasteiger charge is 2.19. The van der Waals surface area contributed by atoms with Crippen molar-refractivity contribution in [1.29, 1.82) is 5.26 Å². The van der Waals surface area contributed by atoms with Crippen LogP contribution in [0.2, 0.25) is 0 Å². The lowest BCUT2D eigenvalue weighted by molar-refractivity contribution is -0.113. The Hall–Kier alpha value is -1.67. The minimum atomic E-state index is -1.10. The molecule has 1 fully saturated rings. The number of carbonyl (C=O) groups is 1. The standard InChI is InChI=1S/C15H18N2O2S/c16-9-13-6-3-7-14(8-13)17-15(18)11-20(19)10-12-4-1-2-5-12/h3,6-8,12H,1-2,4-5,10-11H2,(H,17,18). The number of carbonyl (C=O) groups excluding carboxylic acids is 1. The Kier molecular flexibility index (Phi) is 5.31. The van der Waals surface area contributed by atoms with Gasteiger partial charge < -0.3 is 5.32 Å². The second-order valence-corrected chi connectivity index (χ2v) is 6.64. The zero-order valence-corrected chi connectivity index (χ0v) is 12.1. The lowest BCUT2D eigenvalue weighted by Crippen LogP contribution is -2.22. The van der Waals surface area contributed by atoms with E-state index in [-0.39, 0.29) is 11.7 Å². The third-order valence-electron chi connectivity index (χ3n) is 3.46. The molecule has 0 heterocycles. The van der Waals surface area contributed by atoms with Gasteiger partial charge in [-0.3, -0.25) is 9.00 Å². The number of hydrogen-bond donors (Lipinski definition) is 1. The molecular weight excluding hydrogens is 272 g/mol. The van der Waals surface area contributed by atoms with E-state index in [0.29, 0.717) is 22.9 Å². The summed E-state index contributed by atoms with van der Waals surface area (Å²) in [6.45, 7) is 0. The van der Waals surface area contributed by atoms with E-state index in [9.17, 15) is 9.00 Å². The topological polar surface area (TPSA) is 70.0 Å². The molecule has 1 atom stereocenters. The third kappa shape index (κ3) is 4.46. The number of nitrogens with one attached hydrogen (secondary N) is 1. The fraction of sp³-hybridized carbons (Fsp3) is 0.467. The first kappa shape index (κ1) is 14.7. The van der Waals surface area contributed by atoms with Crippen molar-refractivity contribution in [1.82, 2.24) is 0 Å². The molecule has 20 heavy (non-hydrogen) atoms. The Morgan fingerprint density at radius 1 is 1.40 bits per heavy atom. The second-order valence-electron chi connectivity index (χ2n) is 5.14. The van der Waals surface area contributed by atoms with Crippen molar-refractivity contribution in [3.8, 4) is 6.07 Å². The molecule has 1 aliphatic carbocycles. The van der Waals surface area contributed by atoms with Gasteiger partial charge in [-0.1, -0.05) is 18.9 Å². The zero-order valence-electron chi connectivity index (χ0n) is 11.3. The molecule has 1 saturated carbocycles. The van der Waals surface area contributed by atoms with Gasteiger partial charge >= 0.3 is 0 Å². The van der Waals surface area contributed by atoms with Gasteiger partial charge in [-0.25, -0.2) is 0 Å². The van der Waals surface area contributed by atoms with Gasteiger partial charge in [0.1, 0.15) is 5.75 Å². The molecule has 1 amide bonds. The van der Waals surface area contributed by atoms with Crippen molar-refractivity contribution >= 4 is 22.4 Å². The summed E-state index contributed by atoms with van der Waals surface area (Å²) in [4.78, 5) is 11.8. The maximum atomic E-state index is 11.9. The largest absolute Gasteiger partial charge is 0.325 e. The normalized spacial score (nSPS) is 16.6. The van der Waals surface area contributed by atoms with Crippen LogP contribution in [0, 0.1) is 17.2 Å². The van der Waals surface area contributed by atoms with E-state index < -0.39 is 10.8 Å². The van der Waals surface area contributed by atoms with E-state index in [2.05, 4.69) is 5.32 Å². The lowest BCUT2D eigenvalue weighted by atomic mass is 10.1. The van der Waals surface area contributed by atoms with Gasteiger partial charge in [0.2, 0.25) is 5.91 Å². The summed E-state index contributed by atoms with van der Waals surface area (Å²) in [6, 6.07) is 8.73. The molecule has 0 saturated heterocycles. The molecule has 1 aliphatic rings. The van der Waals surface area contributed by atoms with Crippen LogP contribution in [-0.4, -0.2) is 21.6 Å². The van der Waals surface area contributed by atoms with Crippen LogP contribution >= 0.6 is 0 Å².